The summed E-state index contributed by atoms with van der Waals surface area (Å²) < 4.78 is 0. The molecule has 3 rings (SSSR count). The topological polar surface area (TPSA) is 29.1 Å². The highest BCUT2D eigenvalue weighted by Crippen LogP contribution is 2.35. The van der Waals surface area contributed by atoms with Crippen molar-refractivity contribution in [2.75, 3.05) is 6.54 Å². The third-order valence-corrected chi connectivity index (χ3v) is 2.97. The molecule has 3 fully saturated rings. The van der Waals surface area contributed by atoms with Crippen molar-refractivity contribution in [2.24, 2.45) is 5.92 Å². The van der Waals surface area contributed by atoms with Gasteiger partial charge in [0.25, 0.3) is 0 Å². The van der Waals surface area contributed by atoms with Crippen LogP contribution in [0, 0.1) is 5.92 Å². The lowest BCUT2D eigenvalue weighted by atomic mass is 9.73. The first-order valence-corrected chi connectivity index (χ1v) is 4.06. The Balaban J connectivity index is 2.15. The van der Waals surface area contributed by atoms with Crippen LogP contribution >= 0.6 is 0 Å². The molecule has 0 radical (unpaired) electrons. The zero-order chi connectivity index (χ0) is 7.03. The first-order chi connectivity index (χ1) is 4.85. The fourth-order valence-electron chi connectivity index (χ4n) is 2.08. The van der Waals surface area contributed by atoms with Crippen LogP contribution in [0.1, 0.15) is 25.7 Å². The number of hydrogen-bond donors (Lipinski definition) is 1. The minimum atomic E-state index is -0.102. The van der Waals surface area contributed by atoms with E-state index < -0.39 is 0 Å². The van der Waals surface area contributed by atoms with Crippen LogP contribution in [-0.2, 0) is 4.79 Å². The number of hydrogen-bond acceptors (Lipinski definition) is 2. The van der Waals surface area contributed by atoms with Gasteiger partial charge in [-0.05, 0) is 38.1 Å². The van der Waals surface area contributed by atoms with Gasteiger partial charge < -0.3 is 10.1 Å². The second-order valence-electron chi connectivity index (χ2n) is 3.60. The lowest BCUT2D eigenvalue weighted by Crippen LogP contribution is -2.56. The molecule has 0 amide bonds. The zero-order valence-electron chi connectivity index (χ0n) is 6.10. The molecule has 0 atom stereocenters. The van der Waals surface area contributed by atoms with Crippen molar-refractivity contribution < 1.29 is 4.79 Å². The van der Waals surface area contributed by atoms with Gasteiger partial charge in [0, 0.05) is 0 Å². The van der Waals surface area contributed by atoms with E-state index >= 15 is 0 Å². The minimum Gasteiger partial charge on any atom is -0.305 e. The molecule has 2 nitrogen and oxygen atoms in total. The Kier molecular flexibility index (Phi) is 1.31. The van der Waals surface area contributed by atoms with Gasteiger partial charge in [0.2, 0.25) is 0 Å². The average Bonchev–Trinajstić information content (AvgIpc) is 2.08. The molecule has 0 aromatic heterocycles. The van der Waals surface area contributed by atoms with Crippen LogP contribution in [0.25, 0.3) is 0 Å². The van der Waals surface area contributed by atoms with Gasteiger partial charge in [-0.3, -0.25) is 0 Å². The summed E-state index contributed by atoms with van der Waals surface area (Å²) in [5, 5.41) is 3.31. The van der Waals surface area contributed by atoms with E-state index in [1.54, 1.807) is 0 Å². The number of nitrogens with one attached hydrogen (secondary N) is 1. The molecule has 2 bridgehead atoms. The van der Waals surface area contributed by atoms with Gasteiger partial charge in [-0.25, -0.2) is 0 Å². The van der Waals surface area contributed by atoms with E-state index in [0.29, 0.717) is 0 Å². The van der Waals surface area contributed by atoms with Gasteiger partial charge >= 0.3 is 0 Å². The standard InChI is InChI=1S/C8H13NO/c10-6-8-3-1-7(2-4-8)5-9-8/h6-7,9H,1-5H2. The minimum absolute atomic E-state index is 0.102. The number of rotatable bonds is 1. The Morgan fingerprint density at radius 2 is 2.10 bits per heavy atom. The second kappa shape index (κ2) is 2.06. The molecule has 3 aliphatic rings. The van der Waals surface area contributed by atoms with E-state index in [9.17, 15) is 4.79 Å². The number of carbonyl (C=O) groups excluding carboxylic acids is 1. The summed E-state index contributed by atoms with van der Waals surface area (Å²) in [6.07, 6.45) is 5.77. The average molecular weight is 139 g/mol. The predicted molar refractivity (Wildman–Crippen MR) is 38.8 cm³/mol. The zero-order valence-corrected chi connectivity index (χ0v) is 6.10. The van der Waals surface area contributed by atoms with Crippen molar-refractivity contribution in [1.29, 1.82) is 0 Å². The van der Waals surface area contributed by atoms with Gasteiger partial charge in [-0.15, -0.1) is 0 Å². The summed E-state index contributed by atoms with van der Waals surface area (Å²) in [7, 11) is 0. The summed E-state index contributed by atoms with van der Waals surface area (Å²) >= 11 is 0. The first kappa shape index (κ1) is 6.35. The molecule has 0 unspecified atom stereocenters. The number of aldehydes is 1. The van der Waals surface area contributed by atoms with E-state index in [-0.39, 0.29) is 5.54 Å². The molecule has 2 aliphatic heterocycles. The van der Waals surface area contributed by atoms with Crippen LogP contribution < -0.4 is 5.32 Å². The van der Waals surface area contributed by atoms with Crippen molar-refractivity contribution in [2.45, 2.75) is 31.2 Å². The Morgan fingerprint density at radius 3 is 2.40 bits per heavy atom. The van der Waals surface area contributed by atoms with Crippen molar-refractivity contribution in [3.8, 4) is 0 Å². The number of carbonyl (C=O) groups is 1. The fourth-order valence-corrected chi connectivity index (χ4v) is 2.08. The van der Waals surface area contributed by atoms with Crippen molar-refractivity contribution in [1.82, 2.24) is 5.32 Å². The summed E-state index contributed by atoms with van der Waals surface area (Å²) in [5.74, 6) is 0.863. The molecule has 2 heteroatoms. The largest absolute Gasteiger partial charge is 0.305 e. The Hall–Kier alpha value is -0.370. The van der Waals surface area contributed by atoms with Crippen LogP contribution in [0.4, 0.5) is 0 Å². The lowest BCUT2D eigenvalue weighted by Gasteiger charge is -2.43. The SMILES string of the molecule is O=CC12CCC(CC1)CN2. The fraction of sp³-hybridized carbons (Fsp3) is 0.875. The lowest BCUT2D eigenvalue weighted by molar-refractivity contribution is -0.116. The maximum Gasteiger partial charge on any atom is 0.140 e. The third kappa shape index (κ3) is 0.788. The monoisotopic (exact) mass is 139 g/mol. The van der Waals surface area contributed by atoms with Crippen molar-refractivity contribution in [3.05, 3.63) is 0 Å². The van der Waals surface area contributed by atoms with Crippen LogP contribution in [-0.4, -0.2) is 18.4 Å². The molecule has 1 saturated carbocycles. The van der Waals surface area contributed by atoms with Crippen LogP contribution in [0.3, 0.4) is 0 Å². The smallest absolute Gasteiger partial charge is 0.140 e. The van der Waals surface area contributed by atoms with Gasteiger partial charge in [0.05, 0.1) is 5.54 Å². The highest BCUT2D eigenvalue weighted by atomic mass is 16.1. The molecule has 10 heavy (non-hydrogen) atoms. The summed E-state index contributed by atoms with van der Waals surface area (Å²) in [5.41, 5.74) is -0.102. The van der Waals surface area contributed by atoms with Gasteiger partial charge in [0.15, 0.2) is 0 Å². The quantitative estimate of drug-likeness (QED) is 0.542. The highest BCUT2D eigenvalue weighted by Gasteiger charge is 2.39. The Labute approximate surface area is 61.0 Å². The molecule has 0 spiro atoms. The molecule has 0 aromatic rings. The van der Waals surface area contributed by atoms with Crippen LogP contribution in [0.5, 0.6) is 0 Å². The molecule has 0 aromatic carbocycles. The summed E-state index contributed by atoms with van der Waals surface area (Å²) in [6.45, 7) is 1.07. The van der Waals surface area contributed by atoms with E-state index in [4.69, 9.17) is 0 Å². The molecule has 2 saturated heterocycles. The molecular formula is C8H13NO. The molecular weight excluding hydrogens is 126 g/mol. The van der Waals surface area contributed by atoms with Crippen LogP contribution in [0.15, 0.2) is 0 Å². The Bertz CT molecular complexity index is 134. The summed E-state index contributed by atoms with van der Waals surface area (Å²) in [6, 6.07) is 0. The van der Waals surface area contributed by atoms with Gasteiger partial charge in [0.1, 0.15) is 6.29 Å². The third-order valence-electron chi connectivity index (χ3n) is 2.97. The number of fused-ring (bicyclic) bond motifs is 3. The summed E-state index contributed by atoms with van der Waals surface area (Å²) in [4.78, 5) is 10.7. The number of piperidine rings is 2. The van der Waals surface area contributed by atoms with Crippen LogP contribution in [0.2, 0.25) is 0 Å². The van der Waals surface area contributed by atoms with Gasteiger partial charge in [-0.1, -0.05) is 0 Å². The van der Waals surface area contributed by atoms with E-state index in [1.807, 2.05) is 0 Å². The van der Waals surface area contributed by atoms with Crippen molar-refractivity contribution >= 4 is 6.29 Å². The maximum absolute atomic E-state index is 10.7. The predicted octanol–water partition coefficient (Wildman–Crippen LogP) is 0.718. The van der Waals surface area contributed by atoms with E-state index in [0.717, 1.165) is 31.6 Å². The molecule has 2 heterocycles. The maximum atomic E-state index is 10.7. The molecule has 1 aliphatic carbocycles. The molecule has 56 valence electrons. The second-order valence-corrected chi connectivity index (χ2v) is 3.60. The van der Waals surface area contributed by atoms with Crippen molar-refractivity contribution in [3.63, 3.8) is 0 Å². The highest BCUT2D eigenvalue weighted by molar-refractivity contribution is 5.64. The van der Waals surface area contributed by atoms with Gasteiger partial charge in [-0.2, -0.15) is 0 Å². The normalized spacial score (nSPS) is 45.4. The Morgan fingerprint density at radius 1 is 1.40 bits per heavy atom. The molecule has 1 N–H and O–H groups in total. The first-order valence-electron chi connectivity index (χ1n) is 4.06. The van der Waals surface area contributed by atoms with E-state index in [2.05, 4.69) is 5.32 Å². The van der Waals surface area contributed by atoms with E-state index in [1.165, 1.54) is 12.8 Å².